The first-order chi connectivity index (χ1) is 10.1. The van der Waals surface area contributed by atoms with Gasteiger partial charge >= 0.3 is 0 Å². The monoisotopic (exact) mass is 280 g/mol. The van der Waals surface area contributed by atoms with Gasteiger partial charge in [0.05, 0.1) is 17.6 Å². The van der Waals surface area contributed by atoms with Gasteiger partial charge in [0.25, 0.3) is 0 Å². The largest absolute Gasteiger partial charge is 0.341 e. The minimum atomic E-state index is 0.801. The molecule has 3 rings (SSSR count). The van der Waals surface area contributed by atoms with Crippen LogP contribution in [0.4, 0.5) is 0 Å². The third-order valence-electron chi connectivity index (χ3n) is 3.76. The van der Waals surface area contributed by atoms with Crippen LogP contribution in [0.5, 0.6) is 0 Å². The Bertz CT molecular complexity index is 760. The highest BCUT2D eigenvalue weighted by Gasteiger charge is 2.08. The second-order valence-electron chi connectivity index (χ2n) is 5.63. The highest BCUT2D eigenvalue weighted by Crippen LogP contribution is 2.17. The number of benzene rings is 1. The van der Waals surface area contributed by atoms with Crippen molar-refractivity contribution < 1.29 is 0 Å². The summed E-state index contributed by atoms with van der Waals surface area (Å²) in [6.45, 7) is 5.89. The third-order valence-corrected chi connectivity index (χ3v) is 3.76. The highest BCUT2D eigenvalue weighted by atomic mass is 15.1. The summed E-state index contributed by atoms with van der Waals surface area (Å²) in [5, 5.41) is 0. The first-order valence-corrected chi connectivity index (χ1v) is 7.16. The number of H-pyrrole nitrogens is 1. The predicted molar refractivity (Wildman–Crippen MR) is 85.0 cm³/mol. The smallest absolute Gasteiger partial charge is 0.121 e. The van der Waals surface area contributed by atoms with Crippen molar-refractivity contribution in [3.05, 3.63) is 59.2 Å². The van der Waals surface area contributed by atoms with E-state index in [1.807, 2.05) is 12.4 Å². The van der Waals surface area contributed by atoms with Gasteiger partial charge in [-0.1, -0.05) is 12.1 Å². The molecule has 0 bridgehead atoms. The number of fused-ring (bicyclic) bond motifs is 1. The Morgan fingerprint density at radius 2 is 1.95 bits per heavy atom. The number of aryl methyl sites for hydroxylation is 2. The van der Waals surface area contributed by atoms with Crippen molar-refractivity contribution >= 4 is 11.0 Å². The first kappa shape index (κ1) is 13.8. The molecule has 2 aromatic heterocycles. The zero-order valence-electron chi connectivity index (χ0n) is 12.7. The fourth-order valence-corrected chi connectivity index (χ4v) is 2.58. The molecule has 0 aliphatic heterocycles. The Morgan fingerprint density at radius 1 is 1.10 bits per heavy atom. The van der Waals surface area contributed by atoms with Crippen molar-refractivity contribution in [2.45, 2.75) is 26.9 Å². The number of aromatic nitrogens is 3. The maximum atomic E-state index is 4.71. The van der Waals surface area contributed by atoms with E-state index in [0.717, 1.165) is 29.9 Å². The van der Waals surface area contributed by atoms with Crippen molar-refractivity contribution in [3.63, 3.8) is 0 Å². The van der Waals surface area contributed by atoms with Gasteiger partial charge in [0, 0.05) is 18.9 Å². The maximum Gasteiger partial charge on any atom is 0.121 e. The molecule has 0 amide bonds. The molecule has 0 atom stereocenters. The molecule has 0 aliphatic carbocycles. The Balaban J connectivity index is 1.76. The van der Waals surface area contributed by atoms with Gasteiger partial charge in [-0.15, -0.1) is 0 Å². The van der Waals surface area contributed by atoms with E-state index in [1.165, 1.54) is 16.7 Å². The van der Waals surface area contributed by atoms with Crippen molar-refractivity contribution in [2.24, 2.45) is 0 Å². The molecule has 4 nitrogen and oxygen atoms in total. The van der Waals surface area contributed by atoms with Crippen LogP contribution in [0.1, 0.15) is 22.5 Å². The van der Waals surface area contributed by atoms with E-state index in [1.54, 1.807) is 0 Å². The average Bonchev–Trinajstić information content (AvgIpc) is 2.85. The van der Waals surface area contributed by atoms with Gasteiger partial charge in [-0.25, -0.2) is 4.98 Å². The van der Waals surface area contributed by atoms with Crippen LogP contribution < -0.4 is 0 Å². The van der Waals surface area contributed by atoms with Crippen LogP contribution in [0.25, 0.3) is 11.0 Å². The molecule has 0 radical (unpaired) electrons. The van der Waals surface area contributed by atoms with E-state index >= 15 is 0 Å². The number of imidazole rings is 1. The molecule has 4 heteroatoms. The molecule has 0 fully saturated rings. The number of rotatable bonds is 4. The molecule has 0 aliphatic rings. The van der Waals surface area contributed by atoms with Gasteiger partial charge in [-0.05, 0) is 49.7 Å². The molecule has 0 saturated heterocycles. The minimum absolute atomic E-state index is 0.801. The quantitative estimate of drug-likeness (QED) is 0.798. The number of para-hydroxylation sites is 1. The molecular formula is C17H20N4. The maximum absolute atomic E-state index is 4.71. The number of nitrogens with one attached hydrogen (secondary N) is 1. The zero-order valence-corrected chi connectivity index (χ0v) is 12.7. The first-order valence-electron chi connectivity index (χ1n) is 7.16. The number of hydrogen-bond acceptors (Lipinski definition) is 3. The van der Waals surface area contributed by atoms with E-state index < -0.39 is 0 Å². The van der Waals surface area contributed by atoms with Crippen LogP contribution in [0, 0.1) is 13.8 Å². The molecular weight excluding hydrogens is 260 g/mol. The fraction of sp³-hybridized carbons (Fsp3) is 0.294. The van der Waals surface area contributed by atoms with Gasteiger partial charge < -0.3 is 4.98 Å². The van der Waals surface area contributed by atoms with Crippen LogP contribution in [0.3, 0.4) is 0 Å². The summed E-state index contributed by atoms with van der Waals surface area (Å²) >= 11 is 0. The van der Waals surface area contributed by atoms with Crippen molar-refractivity contribution in [1.82, 2.24) is 19.9 Å². The van der Waals surface area contributed by atoms with E-state index in [2.05, 4.69) is 60.0 Å². The number of aromatic amines is 1. The molecule has 0 saturated carbocycles. The third kappa shape index (κ3) is 2.95. The number of hydrogen-bond donors (Lipinski definition) is 1. The van der Waals surface area contributed by atoms with Crippen LogP contribution in [-0.4, -0.2) is 26.9 Å². The molecule has 1 N–H and O–H groups in total. The Hall–Kier alpha value is -2.20. The summed E-state index contributed by atoms with van der Waals surface area (Å²) in [4.78, 5) is 14.5. The zero-order chi connectivity index (χ0) is 14.8. The van der Waals surface area contributed by atoms with E-state index in [4.69, 9.17) is 4.98 Å². The van der Waals surface area contributed by atoms with Gasteiger partial charge in [0.15, 0.2) is 0 Å². The minimum Gasteiger partial charge on any atom is -0.341 e. The van der Waals surface area contributed by atoms with Crippen molar-refractivity contribution in [3.8, 4) is 0 Å². The van der Waals surface area contributed by atoms with Gasteiger partial charge in [0.1, 0.15) is 5.82 Å². The second-order valence-corrected chi connectivity index (χ2v) is 5.63. The molecule has 0 unspecified atom stereocenters. The van der Waals surface area contributed by atoms with Crippen LogP contribution in [0.2, 0.25) is 0 Å². The summed E-state index contributed by atoms with van der Waals surface area (Å²) in [7, 11) is 2.11. The van der Waals surface area contributed by atoms with Crippen LogP contribution >= 0.6 is 0 Å². The molecule has 0 spiro atoms. The Kier molecular flexibility index (Phi) is 3.71. The van der Waals surface area contributed by atoms with E-state index in [0.29, 0.717) is 0 Å². The molecule has 3 aromatic rings. The predicted octanol–water partition coefficient (Wildman–Crippen LogP) is 3.21. The number of pyridine rings is 1. The van der Waals surface area contributed by atoms with Crippen LogP contribution in [0.15, 0.2) is 36.7 Å². The lowest BCUT2D eigenvalue weighted by Gasteiger charge is -2.16. The fourth-order valence-electron chi connectivity index (χ4n) is 2.58. The van der Waals surface area contributed by atoms with E-state index in [9.17, 15) is 0 Å². The number of nitrogens with zero attached hydrogens (tertiary/aromatic N) is 3. The summed E-state index contributed by atoms with van der Waals surface area (Å²) in [6.07, 6.45) is 3.76. The summed E-state index contributed by atoms with van der Waals surface area (Å²) in [5.41, 5.74) is 5.92. The Morgan fingerprint density at radius 3 is 2.71 bits per heavy atom. The van der Waals surface area contributed by atoms with Crippen molar-refractivity contribution in [2.75, 3.05) is 7.05 Å². The normalized spacial score (nSPS) is 11.4. The van der Waals surface area contributed by atoms with Crippen molar-refractivity contribution in [1.29, 1.82) is 0 Å². The summed E-state index contributed by atoms with van der Waals surface area (Å²) in [5.74, 6) is 1.01. The lowest BCUT2D eigenvalue weighted by molar-refractivity contribution is 0.311. The molecule has 1 aromatic carbocycles. The summed E-state index contributed by atoms with van der Waals surface area (Å²) < 4.78 is 0. The van der Waals surface area contributed by atoms with Gasteiger partial charge in [0.2, 0.25) is 0 Å². The second kappa shape index (κ2) is 5.66. The Labute approximate surface area is 124 Å². The standard InChI is InChI=1S/C17H20N4/c1-12-5-4-6-15-17(12)20-16(19-15)11-21(3)10-14-7-8-18-9-13(14)2/h4-9H,10-11H2,1-3H3,(H,19,20). The molecule has 2 heterocycles. The van der Waals surface area contributed by atoms with Gasteiger partial charge in [-0.3, -0.25) is 9.88 Å². The lowest BCUT2D eigenvalue weighted by atomic mass is 10.1. The summed E-state index contributed by atoms with van der Waals surface area (Å²) in [6, 6.07) is 8.31. The van der Waals surface area contributed by atoms with E-state index in [-0.39, 0.29) is 0 Å². The molecule has 108 valence electrons. The van der Waals surface area contributed by atoms with Crippen LogP contribution in [-0.2, 0) is 13.1 Å². The van der Waals surface area contributed by atoms with Gasteiger partial charge in [-0.2, -0.15) is 0 Å². The lowest BCUT2D eigenvalue weighted by Crippen LogP contribution is -2.18. The topological polar surface area (TPSA) is 44.8 Å². The SMILES string of the molecule is Cc1cnccc1CN(C)Cc1nc2c(C)cccc2[nH]1. The average molecular weight is 280 g/mol. The highest BCUT2D eigenvalue weighted by molar-refractivity contribution is 5.78. The molecule has 21 heavy (non-hydrogen) atoms.